The van der Waals surface area contributed by atoms with Crippen molar-refractivity contribution in [3.63, 3.8) is 0 Å². The van der Waals surface area contributed by atoms with Gasteiger partial charge in [-0.1, -0.05) is 41.1 Å². The molecule has 0 fully saturated rings. The van der Waals surface area contributed by atoms with E-state index in [1.54, 1.807) is 12.5 Å². The van der Waals surface area contributed by atoms with Gasteiger partial charge in [-0.15, -0.1) is 0 Å². The summed E-state index contributed by atoms with van der Waals surface area (Å²) in [4.78, 5) is 0. The summed E-state index contributed by atoms with van der Waals surface area (Å²) in [6.07, 6.45) is 4.46. The highest BCUT2D eigenvalue weighted by Crippen LogP contribution is 2.26. The molecule has 2 nitrogen and oxygen atoms in total. The van der Waals surface area contributed by atoms with Gasteiger partial charge in [-0.05, 0) is 36.2 Å². The molecule has 1 aromatic carbocycles. The fourth-order valence-electron chi connectivity index (χ4n) is 1.94. The third kappa shape index (κ3) is 3.20. The highest BCUT2D eigenvalue weighted by Gasteiger charge is 2.14. The fraction of sp³-hybridized carbons (Fsp3) is 0.286. The van der Waals surface area contributed by atoms with Gasteiger partial charge < -0.3 is 9.73 Å². The van der Waals surface area contributed by atoms with Crippen molar-refractivity contribution < 1.29 is 4.42 Å². The van der Waals surface area contributed by atoms with Crippen molar-refractivity contribution >= 4 is 15.9 Å². The summed E-state index contributed by atoms with van der Waals surface area (Å²) in [6.45, 7) is 3.07. The van der Waals surface area contributed by atoms with E-state index in [-0.39, 0.29) is 0 Å². The number of furan rings is 1. The summed E-state index contributed by atoms with van der Waals surface area (Å²) < 4.78 is 6.27. The van der Waals surface area contributed by atoms with Crippen molar-refractivity contribution in [1.82, 2.24) is 5.32 Å². The Morgan fingerprint density at radius 3 is 2.76 bits per heavy atom. The molecule has 90 valence electrons. The molecular formula is C14H16BrNO. The lowest BCUT2D eigenvalue weighted by Crippen LogP contribution is -2.23. The van der Waals surface area contributed by atoms with Crippen molar-refractivity contribution in [2.45, 2.75) is 19.4 Å². The Labute approximate surface area is 110 Å². The van der Waals surface area contributed by atoms with E-state index >= 15 is 0 Å². The Kier molecular flexibility index (Phi) is 4.40. The van der Waals surface area contributed by atoms with Gasteiger partial charge in [0.25, 0.3) is 0 Å². The van der Waals surface area contributed by atoms with E-state index in [9.17, 15) is 0 Å². The van der Waals surface area contributed by atoms with E-state index in [4.69, 9.17) is 4.42 Å². The Balaban J connectivity index is 2.20. The minimum Gasteiger partial charge on any atom is -0.472 e. The molecule has 1 N–H and O–H groups in total. The molecule has 0 saturated carbocycles. The lowest BCUT2D eigenvalue weighted by Gasteiger charge is -2.19. The van der Waals surface area contributed by atoms with Crippen LogP contribution in [0.4, 0.5) is 0 Å². The number of likely N-dealkylation sites (N-methyl/N-ethyl adjacent to an activating group) is 1. The van der Waals surface area contributed by atoms with Crippen LogP contribution in [-0.4, -0.2) is 6.54 Å². The summed E-state index contributed by atoms with van der Waals surface area (Å²) >= 11 is 3.61. The molecule has 2 aromatic rings. The third-order valence-corrected chi connectivity index (χ3v) is 3.47. The molecule has 0 aliphatic heterocycles. The van der Waals surface area contributed by atoms with E-state index in [1.807, 2.05) is 12.1 Å². The minimum absolute atomic E-state index is 0.313. The number of hydrogen-bond acceptors (Lipinski definition) is 2. The van der Waals surface area contributed by atoms with Gasteiger partial charge in [0.2, 0.25) is 0 Å². The van der Waals surface area contributed by atoms with Gasteiger partial charge in [-0.3, -0.25) is 0 Å². The molecule has 1 heterocycles. The first-order chi connectivity index (χ1) is 8.31. The lowest BCUT2D eigenvalue weighted by atomic mass is 10.0. The van der Waals surface area contributed by atoms with Crippen LogP contribution in [0.25, 0.3) is 0 Å². The van der Waals surface area contributed by atoms with Gasteiger partial charge in [0, 0.05) is 10.5 Å². The molecule has 0 aliphatic rings. The maximum atomic E-state index is 5.12. The topological polar surface area (TPSA) is 25.2 Å². The highest BCUT2D eigenvalue weighted by molar-refractivity contribution is 9.10. The van der Waals surface area contributed by atoms with Gasteiger partial charge in [-0.25, -0.2) is 0 Å². The largest absolute Gasteiger partial charge is 0.472 e. The molecule has 3 heteroatoms. The molecule has 2 rings (SSSR count). The fourth-order valence-corrected chi connectivity index (χ4v) is 2.50. The average Bonchev–Trinajstić information content (AvgIpc) is 2.82. The maximum absolute atomic E-state index is 5.12. The van der Waals surface area contributed by atoms with Crippen molar-refractivity contribution in [2.24, 2.45) is 0 Å². The van der Waals surface area contributed by atoms with E-state index < -0.39 is 0 Å². The van der Waals surface area contributed by atoms with Crippen LogP contribution < -0.4 is 5.32 Å². The highest BCUT2D eigenvalue weighted by atomic mass is 79.9. The number of benzene rings is 1. The first kappa shape index (κ1) is 12.4. The van der Waals surface area contributed by atoms with Crippen LogP contribution in [0.5, 0.6) is 0 Å². The standard InChI is InChI=1S/C14H16BrNO/c1-2-16-14(9-11-7-8-17-10-11)12-5-3-4-6-13(12)15/h3-8,10,14,16H,2,9H2,1H3. The van der Waals surface area contributed by atoms with Crippen molar-refractivity contribution in [3.05, 3.63) is 58.5 Å². The Morgan fingerprint density at radius 1 is 1.29 bits per heavy atom. The summed E-state index contributed by atoms with van der Waals surface area (Å²) in [5.41, 5.74) is 2.50. The molecular weight excluding hydrogens is 278 g/mol. The molecule has 0 aliphatic carbocycles. The quantitative estimate of drug-likeness (QED) is 0.903. The average molecular weight is 294 g/mol. The van der Waals surface area contributed by atoms with E-state index in [1.165, 1.54) is 11.1 Å². The summed E-state index contributed by atoms with van der Waals surface area (Å²) in [7, 11) is 0. The molecule has 1 atom stereocenters. The van der Waals surface area contributed by atoms with Crippen LogP contribution in [0.1, 0.15) is 24.1 Å². The molecule has 17 heavy (non-hydrogen) atoms. The Morgan fingerprint density at radius 2 is 2.12 bits per heavy atom. The molecule has 1 aromatic heterocycles. The number of hydrogen-bond donors (Lipinski definition) is 1. The van der Waals surface area contributed by atoms with E-state index in [0.29, 0.717) is 6.04 Å². The van der Waals surface area contributed by atoms with Gasteiger partial charge in [0.1, 0.15) is 0 Å². The van der Waals surface area contributed by atoms with Crippen molar-refractivity contribution in [3.8, 4) is 0 Å². The van der Waals surface area contributed by atoms with Crippen LogP contribution in [-0.2, 0) is 6.42 Å². The zero-order valence-electron chi connectivity index (χ0n) is 9.82. The van der Waals surface area contributed by atoms with Crippen LogP contribution in [0.2, 0.25) is 0 Å². The molecule has 0 amide bonds. The summed E-state index contributed by atoms with van der Waals surface area (Å²) in [6, 6.07) is 10.7. The number of rotatable bonds is 5. The van der Waals surface area contributed by atoms with Crippen LogP contribution in [0.15, 0.2) is 51.7 Å². The van der Waals surface area contributed by atoms with Gasteiger partial charge in [-0.2, -0.15) is 0 Å². The van der Waals surface area contributed by atoms with Crippen molar-refractivity contribution in [1.29, 1.82) is 0 Å². The first-order valence-electron chi connectivity index (χ1n) is 5.80. The SMILES string of the molecule is CCNC(Cc1ccoc1)c1ccccc1Br. The molecule has 0 spiro atoms. The van der Waals surface area contributed by atoms with Gasteiger partial charge in [0.15, 0.2) is 0 Å². The minimum atomic E-state index is 0.313. The van der Waals surface area contributed by atoms with E-state index in [2.05, 4.69) is 46.4 Å². The normalized spacial score (nSPS) is 12.6. The lowest BCUT2D eigenvalue weighted by molar-refractivity contribution is 0.533. The first-order valence-corrected chi connectivity index (χ1v) is 6.59. The zero-order valence-corrected chi connectivity index (χ0v) is 11.4. The third-order valence-electron chi connectivity index (χ3n) is 2.75. The maximum Gasteiger partial charge on any atom is 0.0935 e. The number of halogens is 1. The summed E-state index contributed by atoms with van der Waals surface area (Å²) in [5, 5.41) is 3.51. The molecule has 0 radical (unpaired) electrons. The second-order valence-corrected chi connectivity index (χ2v) is 4.82. The number of nitrogens with one attached hydrogen (secondary N) is 1. The predicted molar refractivity (Wildman–Crippen MR) is 73.0 cm³/mol. The predicted octanol–water partition coefficient (Wildman–Crippen LogP) is 3.94. The smallest absolute Gasteiger partial charge is 0.0935 e. The van der Waals surface area contributed by atoms with Crippen LogP contribution >= 0.6 is 15.9 Å². The second kappa shape index (κ2) is 6.03. The Bertz CT molecular complexity index is 453. The monoisotopic (exact) mass is 293 g/mol. The zero-order chi connectivity index (χ0) is 12.1. The Hall–Kier alpha value is -1.06. The van der Waals surface area contributed by atoms with E-state index in [0.717, 1.165) is 17.4 Å². The summed E-state index contributed by atoms with van der Waals surface area (Å²) in [5.74, 6) is 0. The van der Waals surface area contributed by atoms with Crippen LogP contribution in [0, 0.1) is 0 Å². The molecule has 0 bridgehead atoms. The van der Waals surface area contributed by atoms with Gasteiger partial charge >= 0.3 is 0 Å². The molecule has 1 unspecified atom stereocenters. The van der Waals surface area contributed by atoms with Crippen molar-refractivity contribution in [2.75, 3.05) is 6.54 Å². The second-order valence-electron chi connectivity index (χ2n) is 3.97. The van der Waals surface area contributed by atoms with Crippen LogP contribution in [0.3, 0.4) is 0 Å². The molecule has 0 saturated heterocycles. The van der Waals surface area contributed by atoms with Gasteiger partial charge in [0.05, 0.1) is 12.5 Å².